The average Bonchev–Trinajstić information content (AvgIpc) is 2.24. The van der Waals surface area contributed by atoms with E-state index in [2.05, 4.69) is 21.0 Å². The lowest BCUT2D eigenvalue weighted by Crippen LogP contribution is -2.12. The fourth-order valence-electron chi connectivity index (χ4n) is 0.963. The molecule has 0 aliphatic rings. The van der Waals surface area contributed by atoms with Gasteiger partial charge in [0.1, 0.15) is 5.69 Å². The van der Waals surface area contributed by atoms with E-state index in [4.69, 9.17) is 5.11 Å². The number of hydrogen-bond donors (Lipinski definition) is 1. The molecule has 0 unspecified atom stereocenters. The first-order chi connectivity index (χ1) is 5.88. The number of aryl methyl sites for hydroxylation is 1. The highest BCUT2D eigenvalue weighted by atomic mass is 79.9. The molecule has 0 spiro atoms. The van der Waals surface area contributed by atoms with Crippen molar-refractivity contribution in [3.05, 3.63) is 15.9 Å². The largest absolute Gasteiger partial charge is 0.434 e. The van der Waals surface area contributed by atoms with Crippen molar-refractivity contribution in [3.63, 3.8) is 0 Å². The van der Waals surface area contributed by atoms with E-state index < -0.39 is 18.5 Å². The van der Waals surface area contributed by atoms with E-state index >= 15 is 0 Å². The second-order valence-electron chi connectivity index (χ2n) is 2.39. The Kier molecular flexibility index (Phi) is 2.67. The van der Waals surface area contributed by atoms with E-state index in [0.717, 1.165) is 0 Å². The predicted octanol–water partition coefficient (Wildman–Crippen LogP) is 1.69. The summed E-state index contributed by atoms with van der Waals surface area (Å²) in [6, 6.07) is 0. The number of alkyl halides is 3. The van der Waals surface area contributed by atoms with Crippen molar-refractivity contribution in [2.24, 2.45) is 7.05 Å². The Morgan fingerprint density at radius 1 is 1.54 bits per heavy atom. The zero-order chi connectivity index (χ0) is 10.2. The summed E-state index contributed by atoms with van der Waals surface area (Å²) in [5.41, 5.74) is -0.911. The fraction of sp³-hybridized carbons (Fsp3) is 0.500. The standard InChI is InChI=1S/C6H6BrF3N2O/c1-12-5(6(8,9)10)4(7)3(2-13)11-12/h13H,2H2,1H3. The van der Waals surface area contributed by atoms with Crippen molar-refractivity contribution in [2.45, 2.75) is 12.8 Å². The monoisotopic (exact) mass is 258 g/mol. The van der Waals surface area contributed by atoms with E-state index in [0.29, 0.717) is 4.68 Å². The fourth-order valence-corrected chi connectivity index (χ4v) is 1.65. The number of nitrogens with zero attached hydrogens (tertiary/aromatic N) is 2. The minimum absolute atomic E-state index is 0.0187. The molecule has 0 aliphatic heterocycles. The van der Waals surface area contributed by atoms with Gasteiger partial charge in [0.2, 0.25) is 0 Å². The SMILES string of the molecule is Cn1nc(CO)c(Br)c1C(F)(F)F. The van der Waals surface area contributed by atoms with Gasteiger partial charge in [-0.05, 0) is 15.9 Å². The van der Waals surface area contributed by atoms with Gasteiger partial charge in [0.15, 0.2) is 5.69 Å². The van der Waals surface area contributed by atoms with E-state index in [-0.39, 0.29) is 10.2 Å². The lowest BCUT2D eigenvalue weighted by Gasteiger charge is -2.06. The molecule has 0 saturated heterocycles. The van der Waals surface area contributed by atoms with Crippen molar-refractivity contribution in [1.82, 2.24) is 9.78 Å². The summed E-state index contributed by atoms with van der Waals surface area (Å²) in [6.07, 6.45) is -4.46. The molecular weight excluding hydrogens is 253 g/mol. The Bertz CT molecular complexity index is 320. The van der Waals surface area contributed by atoms with Gasteiger partial charge in [0.05, 0.1) is 11.1 Å². The Morgan fingerprint density at radius 2 is 2.08 bits per heavy atom. The molecule has 1 N–H and O–H groups in total. The van der Waals surface area contributed by atoms with Gasteiger partial charge in [-0.3, -0.25) is 4.68 Å². The molecule has 0 bridgehead atoms. The van der Waals surface area contributed by atoms with Crippen LogP contribution in [0.2, 0.25) is 0 Å². The molecule has 1 heterocycles. The lowest BCUT2D eigenvalue weighted by atomic mass is 10.3. The summed E-state index contributed by atoms with van der Waals surface area (Å²) in [6.45, 7) is -0.523. The van der Waals surface area contributed by atoms with Crippen molar-refractivity contribution in [3.8, 4) is 0 Å². The van der Waals surface area contributed by atoms with Gasteiger partial charge < -0.3 is 5.11 Å². The predicted molar refractivity (Wildman–Crippen MR) is 41.8 cm³/mol. The third-order valence-corrected chi connectivity index (χ3v) is 2.31. The highest BCUT2D eigenvalue weighted by Gasteiger charge is 2.38. The first-order valence-electron chi connectivity index (χ1n) is 3.27. The van der Waals surface area contributed by atoms with Crippen LogP contribution in [0.1, 0.15) is 11.4 Å². The van der Waals surface area contributed by atoms with E-state index in [1.54, 1.807) is 0 Å². The highest BCUT2D eigenvalue weighted by molar-refractivity contribution is 9.10. The molecule has 1 aromatic rings. The second-order valence-corrected chi connectivity index (χ2v) is 3.18. The van der Waals surface area contributed by atoms with Gasteiger partial charge in [0.25, 0.3) is 0 Å². The lowest BCUT2D eigenvalue weighted by molar-refractivity contribution is -0.144. The van der Waals surface area contributed by atoms with E-state index in [9.17, 15) is 13.2 Å². The summed E-state index contributed by atoms with van der Waals surface area (Å²) < 4.78 is 37.3. The molecule has 0 amide bonds. The van der Waals surface area contributed by atoms with Crippen LogP contribution in [0.15, 0.2) is 4.47 Å². The normalized spacial score (nSPS) is 12.2. The zero-order valence-corrected chi connectivity index (χ0v) is 8.15. The molecule has 7 heteroatoms. The number of aliphatic hydroxyl groups is 1. The van der Waals surface area contributed by atoms with Crippen molar-refractivity contribution in [2.75, 3.05) is 0 Å². The third-order valence-electron chi connectivity index (χ3n) is 1.47. The quantitative estimate of drug-likeness (QED) is 0.833. The maximum absolute atomic E-state index is 12.3. The Balaban J connectivity index is 3.29. The number of aromatic nitrogens is 2. The number of hydrogen-bond acceptors (Lipinski definition) is 2. The third kappa shape index (κ3) is 1.86. The molecule has 1 aromatic heterocycles. The Hall–Kier alpha value is -0.560. The van der Waals surface area contributed by atoms with E-state index in [1.807, 2.05) is 0 Å². The van der Waals surface area contributed by atoms with Gasteiger partial charge in [0, 0.05) is 7.05 Å². The minimum atomic E-state index is -4.46. The zero-order valence-electron chi connectivity index (χ0n) is 6.56. The van der Waals surface area contributed by atoms with Crippen LogP contribution in [0.3, 0.4) is 0 Å². The minimum Gasteiger partial charge on any atom is -0.390 e. The smallest absolute Gasteiger partial charge is 0.390 e. The maximum atomic E-state index is 12.3. The molecule has 0 aromatic carbocycles. The molecule has 74 valence electrons. The molecule has 1 rings (SSSR count). The second kappa shape index (κ2) is 3.30. The van der Waals surface area contributed by atoms with Crippen LogP contribution in [-0.4, -0.2) is 14.9 Å². The molecule has 0 saturated carbocycles. The van der Waals surface area contributed by atoms with Crippen LogP contribution in [0.5, 0.6) is 0 Å². The van der Waals surface area contributed by atoms with E-state index in [1.165, 1.54) is 7.05 Å². The van der Waals surface area contributed by atoms with Gasteiger partial charge in [-0.15, -0.1) is 0 Å². The first kappa shape index (κ1) is 10.5. The number of rotatable bonds is 1. The van der Waals surface area contributed by atoms with Gasteiger partial charge >= 0.3 is 6.18 Å². The molecule has 13 heavy (non-hydrogen) atoms. The van der Waals surface area contributed by atoms with Crippen LogP contribution >= 0.6 is 15.9 Å². The average molecular weight is 259 g/mol. The van der Waals surface area contributed by atoms with Crippen LogP contribution in [0, 0.1) is 0 Å². The maximum Gasteiger partial charge on any atom is 0.434 e. The topological polar surface area (TPSA) is 38.0 Å². The first-order valence-corrected chi connectivity index (χ1v) is 4.06. The van der Waals surface area contributed by atoms with Gasteiger partial charge in [-0.1, -0.05) is 0 Å². The summed E-state index contributed by atoms with van der Waals surface area (Å²) >= 11 is 2.73. The Labute approximate surface area is 80.3 Å². The number of aliphatic hydroxyl groups excluding tert-OH is 1. The molecular formula is C6H6BrF3N2O. The molecule has 0 fully saturated rings. The van der Waals surface area contributed by atoms with Gasteiger partial charge in [-0.2, -0.15) is 18.3 Å². The summed E-state index contributed by atoms with van der Waals surface area (Å²) in [5, 5.41) is 12.1. The molecule has 0 radical (unpaired) electrons. The van der Waals surface area contributed by atoms with Gasteiger partial charge in [-0.25, -0.2) is 0 Å². The van der Waals surface area contributed by atoms with Crippen LogP contribution in [-0.2, 0) is 19.8 Å². The number of halogens is 4. The Morgan fingerprint density at radius 3 is 2.31 bits per heavy atom. The molecule has 0 atom stereocenters. The van der Waals surface area contributed by atoms with Crippen molar-refractivity contribution >= 4 is 15.9 Å². The molecule has 0 aliphatic carbocycles. The highest BCUT2D eigenvalue weighted by Crippen LogP contribution is 2.35. The summed E-state index contributed by atoms with van der Waals surface area (Å²) in [7, 11) is 1.17. The van der Waals surface area contributed by atoms with Crippen LogP contribution < -0.4 is 0 Å². The van der Waals surface area contributed by atoms with Crippen LogP contribution in [0.4, 0.5) is 13.2 Å². The van der Waals surface area contributed by atoms with Crippen LogP contribution in [0.25, 0.3) is 0 Å². The van der Waals surface area contributed by atoms with Crippen molar-refractivity contribution in [1.29, 1.82) is 0 Å². The summed E-state index contributed by atoms with van der Waals surface area (Å²) in [5.74, 6) is 0. The van der Waals surface area contributed by atoms with Crippen molar-refractivity contribution < 1.29 is 18.3 Å². The summed E-state index contributed by atoms with van der Waals surface area (Å²) in [4.78, 5) is 0. The molecule has 3 nitrogen and oxygen atoms in total.